The maximum Gasteiger partial charge on any atom is 0.348 e. The van der Waals surface area contributed by atoms with Crippen LogP contribution >= 0.6 is 26.8 Å². The highest BCUT2D eigenvalue weighted by atomic mass is 35.5. The molecule has 1 N–H and O–H groups in total. The Morgan fingerprint density at radius 2 is 1.28 bits per heavy atom. The first kappa shape index (κ1) is 33.1. The molecule has 43 heavy (non-hydrogen) atoms. The maximum atomic E-state index is 14.7. The molecular weight excluding hydrogens is 612 g/mol. The van der Waals surface area contributed by atoms with Gasteiger partial charge in [-0.3, -0.25) is 13.9 Å². The van der Waals surface area contributed by atoms with Crippen molar-refractivity contribution < 1.29 is 27.2 Å². The second-order valence-electron chi connectivity index (χ2n) is 9.28. The summed E-state index contributed by atoms with van der Waals surface area (Å²) in [5.41, 5.74) is 4.41. The SMILES string of the molecule is CCOP(=O)(OCC)C(C(Nn1c(-c2ccccc2)nc2ccccc2c1=O)c1ccc(Cl)cc1)P(=O)(OCC)OCC. The Balaban J connectivity index is 2.07. The topological polar surface area (TPSA) is 118 Å². The van der Waals surface area contributed by atoms with E-state index in [1.807, 2.05) is 30.3 Å². The lowest BCUT2D eigenvalue weighted by Crippen LogP contribution is -2.39. The van der Waals surface area contributed by atoms with Crippen LogP contribution in [0.1, 0.15) is 39.3 Å². The molecule has 0 saturated carbocycles. The summed E-state index contributed by atoms with van der Waals surface area (Å²) >= 11 is 6.24. The molecule has 4 rings (SSSR count). The van der Waals surface area contributed by atoms with Crippen molar-refractivity contribution in [1.82, 2.24) is 9.66 Å². The van der Waals surface area contributed by atoms with E-state index >= 15 is 0 Å². The van der Waals surface area contributed by atoms with Gasteiger partial charge in [0.05, 0.1) is 43.4 Å². The van der Waals surface area contributed by atoms with Gasteiger partial charge in [0.1, 0.15) is 0 Å². The van der Waals surface area contributed by atoms with Crippen LogP contribution in [0.3, 0.4) is 0 Å². The maximum absolute atomic E-state index is 14.7. The van der Waals surface area contributed by atoms with Gasteiger partial charge >= 0.3 is 15.2 Å². The zero-order chi connectivity index (χ0) is 31.0. The predicted octanol–water partition coefficient (Wildman–Crippen LogP) is 7.86. The van der Waals surface area contributed by atoms with Crippen molar-refractivity contribution >= 4 is 37.7 Å². The van der Waals surface area contributed by atoms with Gasteiger partial charge in [-0.2, -0.15) is 0 Å². The zero-order valence-corrected chi connectivity index (χ0v) is 27.1. The summed E-state index contributed by atoms with van der Waals surface area (Å²) < 4.78 is 53.8. The first-order valence-corrected chi connectivity index (χ1v) is 17.7. The van der Waals surface area contributed by atoms with Crippen molar-refractivity contribution in [2.75, 3.05) is 31.9 Å². The van der Waals surface area contributed by atoms with E-state index in [2.05, 4.69) is 5.43 Å². The molecule has 0 amide bonds. The molecule has 3 aromatic carbocycles. The number of para-hydroxylation sites is 1. The molecule has 230 valence electrons. The predicted molar refractivity (Wildman–Crippen MR) is 170 cm³/mol. The Labute approximate surface area is 256 Å². The smallest absolute Gasteiger partial charge is 0.312 e. The third-order valence-electron chi connectivity index (χ3n) is 6.49. The highest BCUT2D eigenvalue weighted by Gasteiger charge is 2.56. The number of nitrogens with zero attached hydrogens (tertiary/aromatic N) is 2. The molecule has 4 aromatic rings. The molecule has 0 radical (unpaired) electrons. The van der Waals surface area contributed by atoms with Gasteiger partial charge in [-0.1, -0.05) is 66.2 Å². The highest BCUT2D eigenvalue weighted by Crippen LogP contribution is 2.73. The number of rotatable bonds is 15. The first-order valence-electron chi connectivity index (χ1n) is 14.1. The fourth-order valence-electron chi connectivity index (χ4n) is 4.79. The molecule has 1 heterocycles. The summed E-state index contributed by atoms with van der Waals surface area (Å²) in [5, 5.41) is -0.746. The molecule has 0 saturated heterocycles. The van der Waals surface area contributed by atoms with Crippen LogP contribution in [0, 0.1) is 0 Å². The molecule has 13 heteroatoms. The van der Waals surface area contributed by atoms with Crippen molar-refractivity contribution in [3.8, 4) is 11.4 Å². The van der Waals surface area contributed by atoms with Crippen LogP contribution < -0.4 is 11.0 Å². The van der Waals surface area contributed by atoms with Gasteiger partial charge in [0.2, 0.25) is 0 Å². The second kappa shape index (κ2) is 14.8. The first-order chi connectivity index (χ1) is 20.7. The summed E-state index contributed by atoms with van der Waals surface area (Å²) in [5.74, 6) is 0.285. The Morgan fingerprint density at radius 1 is 0.767 bits per heavy atom. The lowest BCUT2D eigenvalue weighted by atomic mass is 10.1. The molecule has 1 aromatic heterocycles. The molecule has 0 fully saturated rings. The quantitative estimate of drug-likeness (QED) is 0.129. The number of hydrogen-bond donors (Lipinski definition) is 1. The van der Waals surface area contributed by atoms with E-state index in [0.29, 0.717) is 27.1 Å². The van der Waals surface area contributed by atoms with Gasteiger partial charge in [0, 0.05) is 10.6 Å². The summed E-state index contributed by atoms with van der Waals surface area (Å²) in [4.78, 5) is 19.0. The number of aromatic nitrogens is 2. The van der Waals surface area contributed by atoms with E-state index in [-0.39, 0.29) is 32.3 Å². The third kappa shape index (κ3) is 7.30. The molecule has 1 unspecified atom stereocenters. The van der Waals surface area contributed by atoms with E-state index in [9.17, 15) is 13.9 Å². The normalized spacial score (nSPS) is 13.0. The van der Waals surface area contributed by atoms with E-state index in [1.165, 1.54) is 4.68 Å². The summed E-state index contributed by atoms with van der Waals surface area (Å²) in [6, 6.07) is 21.6. The molecule has 1 atom stereocenters. The monoisotopic (exact) mass is 647 g/mol. The van der Waals surface area contributed by atoms with Crippen LogP contribution in [0.2, 0.25) is 5.02 Å². The number of fused-ring (bicyclic) bond motifs is 1. The van der Waals surface area contributed by atoms with Crippen LogP contribution in [-0.2, 0) is 27.2 Å². The number of halogens is 1. The van der Waals surface area contributed by atoms with Crippen LogP contribution in [0.15, 0.2) is 83.7 Å². The summed E-state index contributed by atoms with van der Waals surface area (Å²) in [6.45, 7) is 6.60. The van der Waals surface area contributed by atoms with E-state index in [1.54, 1.807) is 76.2 Å². The fraction of sp³-hybridized carbons (Fsp3) is 0.333. The van der Waals surface area contributed by atoms with Crippen molar-refractivity contribution in [1.29, 1.82) is 0 Å². The number of benzene rings is 3. The molecule has 10 nitrogen and oxygen atoms in total. The molecule has 0 aliphatic rings. The molecule has 0 aliphatic carbocycles. The Hall–Kier alpha value is -2.81. The minimum absolute atomic E-state index is 0.00783. The largest absolute Gasteiger partial charge is 0.348 e. The van der Waals surface area contributed by atoms with E-state index in [4.69, 9.17) is 34.7 Å². The Morgan fingerprint density at radius 3 is 1.81 bits per heavy atom. The standard InChI is InChI=1S/C30H36ClN3O7P2/c1-5-38-42(36,39-6-2)30(43(37,40-7-3)41-8-4)27(22-18-20-24(31)21-19-22)33-34-28(23-14-10-9-11-15-23)32-26-17-13-12-16-25(26)29(34)35/h9-21,27,30,33H,5-8H2,1-4H3. The molecule has 0 aliphatic heterocycles. The Bertz CT molecular complexity index is 1620. The number of nitrogens with one attached hydrogen (secondary N) is 1. The van der Waals surface area contributed by atoms with Gasteiger partial charge < -0.3 is 23.5 Å². The van der Waals surface area contributed by atoms with Gasteiger partial charge in [-0.25, -0.2) is 9.66 Å². The number of hydrogen-bond acceptors (Lipinski definition) is 9. The van der Waals surface area contributed by atoms with Crippen molar-refractivity contribution in [2.24, 2.45) is 0 Å². The third-order valence-corrected chi connectivity index (χ3v) is 12.8. The minimum atomic E-state index is -4.28. The zero-order valence-electron chi connectivity index (χ0n) is 24.5. The summed E-state index contributed by atoms with van der Waals surface area (Å²) in [7, 11) is -8.55. The lowest BCUT2D eigenvalue weighted by Gasteiger charge is -2.37. The average molecular weight is 648 g/mol. The van der Waals surface area contributed by atoms with Crippen LogP contribution in [0.25, 0.3) is 22.3 Å². The van der Waals surface area contributed by atoms with Crippen LogP contribution in [0.4, 0.5) is 0 Å². The second-order valence-corrected chi connectivity index (χ2v) is 14.4. The highest BCUT2D eigenvalue weighted by molar-refractivity contribution is 7.72. The fourth-order valence-corrected chi connectivity index (χ4v) is 10.5. The summed E-state index contributed by atoms with van der Waals surface area (Å²) in [6.07, 6.45) is 0. The Kier molecular flexibility index (Phi) is 11.4. The van der Waals surface area contributed by atoms with Gasteiger partial charge in [-0.05, 0) is 57.5 Å². The average Bonchev–Trinajstić information content (AvgIpc) is 2.99. The molecule has 0 bridgehead atoms. The minimum Gasteiger partial charge on any atom is -0.312 e. The van der Waals surface area contributed by atoms with E-state index in [0.717, 1.165) is 0 Å². The van der Waals surface area contributed by atoms with Gasteiger partial charge in [0.15, 0.2) is 11.2 Å². The van der Waals surface area contributed by atoms with Crippen molar-refractivity contribution in [2.45, 2.75) is 39.1 Å². The van der Waals surface area contributed by atoms with Crippen molar-refractivity contribution in [3.05, 3.63) is 99.8 Å². The van der Waals surface area contributed by atoms with E-state index < -0.39 is 32.2 Å². The molecular formula is C30H36ClN3O7P2. The van der Waals surface area contributed by atoms with Gasteiger partial charge in [-0.15, -0.1) is 0 Å². The van der Waals surface area contributed by atoms with Gasteiger partial charge in [0.25, 0.3) is 5.56 Å². The van der Waals surface area contributed by atoms with Crippen molar-refractivity contribution in [3.63, 3.8) is 0 Å². The molecule has 0 spiro atoms. The van der Waals surface area contributed by atoms with Crippen LogP contribution in [-0.4, -0.2) is 41.5 Å². The van der Waals surface area contributed by atoms with Crippen LogP contribution in [0.5, 0.6) is 0 Å². The lowest BCUT2D eigenvalue weighted by molar-refractivity contribution is 0.191.